The number of thioether (sulfide) groups is 1. The maximum absolute atomic E-state index is 11.8. The number of thiocarbonyl (C=S) groups is 1. The Morgan fingerprint density at radius 3 is 2.46 bits per heavy atom. The molecule has 0 aliphatic carbocycles. The first-order valence-electron chi connectivity index (χ1n) is 6.97. The molecule has 2 rings (SSSR count). The third-order valence-electron chi connectivity index (χ3n) is 2.87. The third kappa shape index (κ3) is 6.57. The molecular formula is C16H15Cl2N3OS2. The van der Waals surface area contributed by atoms with Crippen molar-refractivity contribution in [2.45, 2.75) is 5.75 Å². The van der Waals surface area contributed by atoms with Crippen molar-refractivity contribution in [2.24, 2.45) is 0 Å². The van der Waals surface area contributed by atoms with Crippen molar-refractivity contribution >= 4 is 63.9 Å². The number of hydrogen-bond donors (Lipinski definition) is 3. The Labute approximate surface area is 160 Å². The van der Waals surface area contributed by atoms with Crippen molar-refractivity contribution < 1.29 is 4.79 Å². The van der Waals surface area contributed by atoms with E-state index in [1.165, 1.54) is 11.8 Å². The van der Waals surface area contributed by atoms with Gasteiger partial charge in [-0.25, -0.2) is 0 Å². The van der Waals surface area contributed by atoms with Crippen LogP contribution in [-0.2, 0) is 10.5 Å². The summed E-state index contributed by atoms with van der Waals surface area (Å²) in [5.74, 6) is 0.787. The van der Waals surface area contributed by atoms with Crippen LogP contribution in [0.15, 0.2) is 48.5 Å². The molecular weight excluding hydrogens is 385 g/mol. The maximum atomic E-state index is 11.8. The summed E-state index contributed by atoms with van der Waals surface area (Å²) in [6.07, 6.45) is 0. The smallest absolute Gasteiger partial charge is 0.248 e. The lowest BCUT2D eigenvalue weighted by molar-refractivity contribution is -0.119. The lowest BCUT2D eigenvalue weighted by atomic mass is 10.2. The molecule has 0 aliphatic heterocycles. The molecule has 0 saturated carbocycles. The monoisotopic (exact) mass is 399 g/mol. The van der Waals surface area contributed by atoms with E-state index in [0.717, 1.165) is 11.3 Å². The molecule has 0 bridgehead atoms. The van der Waals surface area contributed by atoms with Gasteiger partial charge in [-0.3, -0.25) is 15.6 Å². The Bertz CT molecular complexity index is 711. The molecule has 24 heavy (non-hydrogen) atoms. The lowest BCUT2D eigenvalue weighted by Crippen LogP contribution is -2.44. The van der Waals surface area contributed by atoms with Crippen LogP contribution >= 0.6 is 47.2 Å². The molecule has 0 heterocycles. The fourth-order valence-corrected chi connectivity index (χ4v) is 3.14. The van der Waals surface area contributed by atoms with Crippen molar-refractivity contribution in [3.8, 4) is 0 Å². The highest BCUT2D eigenvalue weighted by Crippen LogP contribution is 2.20. The van der Waals surface area contributed by atoms with Crippen LogP contribution < -0.4 is 16.2 Å². The van der Waals surface area contributed by atoms with E-state index in [9.17, 15) is 4.79 Å². The van der Waals surface area contributed by atoms with E-state index in [1.54, 1.807) is 24.3 Å². The summed E-state index contributed by atoms with van der Waals surface area (Å²) < 4.78 is 0. The Kier molecular flexibility index (Phi) is 7.65. The Morgan fingerprint density at radius 1 is 1.04 bits per heavy atom. The number of amides is 1. The Balaban J connectivity index is 1.66. The highest BCUT2D eigenvalue weighted by Gasteiger charge is 2.05. The molecule has 2 aromatic carbocycles. The van der Waals surface area contributed by atoms with Crippen LogP contribution in [0.1, 0.15) is 5.56 Å². The number of carbonyl (C=O) groups excluding carboxylic acids is 1. The van der Waals surface area contributed by atoms with Crippen LogP contribution in [0.5, 0.6) is 0 Å². The topological polar surface area (TPSA) is 53.2 Å². The average Bonchev–Trinajstić information content (AvgIpc) is 2.57. The zero-order chi connectivity index (χ0) is 17.4. The van der Waals surface area contributed by atoms with Gasteiger partial charge in [0.25, 0.3) is 0 Å². The minimum absolute atomic E-state index is 0.174. The van der Waals surface area contributed by atoms with E-state index in [-0.39, 0.29) is 5.91 Å². The number of benzene rings is 2. The van der Waals surface area contributed by atoms with Crippen molar-refractivity contribution in [2.75, 3.05) is 11.1 Å². The molecule has 4 nitrogen and oxygen atoms in total. The van der Waals surface area contributed by atoms with Gasteiger partial charge in [0.05, 0.1) is 5.75 Å². The number of anilines is 1. The molecule has 0 spiro atoms. The standard InChI is InChI=1S/C16H15Cl2N3OS2/c17-12-5-7-13(8-6-12)19-16(23)21-20-15(22)10-24-9-11-3-1-2-4-14(11)18/h1-8H,9-10H2,(H,20,22)(H2,19,21,23). The summed E-state index contributed by atoms with van der Waals surface area (Å²) in [5, 5.41) is 4.58. The molecule has 3 N–H and O–H groups in total. The highest BCUT2D eigenvalue weighted by molar-refractivity contribution is 7.99. The first-order chi connectivity index (χ1) is 11.5. The van der Waals surface area contributed by atoms with E-state index in [1.807, 2.05) is 24.3 Å². The molecule has 0 aromatic heterocycles. The van der Waals surface area contributed by atoms with Gasteiger partial charge >= 0.3 is 0 Å². The fraction of sp³-hybridized carbons (Fsp3) is 0.125. The van der Waals surface area contributed by atoms with Crippen molar-refractivity contribution in [1.82, 2.24) is 10.9 Å². The van der Waals surface area contributed by atoms with Gasteiger partial charge < -0.3 is 5.32 Å². The molecule has 126 valence electrons. The summed E-state index contributed by atoms with van der Waals surface area (Å²) in [7, 11) is 0. The predicted molar refractivity (Wildman–Crippen MR) is 107 cm³/mol. The molecule has 8 heteroatoms. The number of hydrazine groups is 1. The van der Waals surface area contributed by atoms with Gasteiger partial charge in [-0.15, -0.1) is 11.8 Å². The minimum Gasteiger partial charge on any atom is -0.331 e. The van der Waals surface area contributed by atoms with Crippen molar-refractivity contribution in [3.05, 3.63) is 64.1 Å². The first-order valence-corrected chi connectivity index (χ1v) is 9.29. The SMILES string of the molecule is O=C(CSCc1ccccc1Cl)NNC(=S)Nc1ccc(Cl)cc1. The van der Waals surface area contributed by atoms with Gasteiger partial charge in [0, 0.05) is 21.5 Å². The van der Waals surface area contributed by atoms with Gasteiger partial charge in [0.15, 0.2) is 5.11 Å². The lowest BCUT2D eigenvalue weighted by Gasteiger charge is -2.11. The van der Waals surface area contributed by atoms with Gasteiger partial charge in [-0.1, -0.05) is 41.4 Å². The fourth-order valence-electron chi connectivity index (χ4n) is 1.73. The quantitative estimate of drug-likeness (QED) is 0.518. The van der Waals surface area contributed by atoms with Gasteiger partial charge in [0.2, 0.25) is 5.91 Å². The number of carbonyl (C=O) groups is 1. The predicted octanol–water partition coefficient (Wildman–Crippen LogP) is 4.24. The molecule has 2 aromatic rings. The van der Waals surface area contributed by atoms with Crippen LogP contribution in [-0.4, -0.2) is 16.8 Å². The second kappa shape index (κ2) is 9.74. The van der Waals surface area contributed by atoms with Crippen LogP contribution in [0.3, 0.4) is 0 Å². The number of hydrogen-bond acceptors (Lipinski definition) is 3. The zero-order valence-corrected chi connectivity index (χ0v) is 15.7. The summed E-state index contributed by atoms with van der Waals surface area (Å²) in [6, 6.07) is 14.6. The zero-order valence-electron chi connectivity index (χ0n) is 12.5. The minimum atomic E-state index is -0.174. The average molecular weight is 400 g/mol. The second-order valence-electron chi connectivity index (χ2n) is 4.72. The largest absolute Gasteiger partial charge is 0.331 e. The van der Waals surface area contributed by atoms with Crippen molar-refractivity contribution in [1.29, 1.82) is 0 Å². The van der Waals surface area contributed by atoms with E-state index >= 15 is 0 Å². The van der Waals surface area contributed by atoms with E-state index in [2.05, 4.69) is 16.2 Å². The van der Waals surface area contributed by atoms with E-state index in [4.69, 9.17) is 35.4 Å². The molecule has 0 unspecified atom stereocenters. The molecule has 0 atom stereocenters. The Hall–Kier alpha value is -1.47. The Morgan fingerprint density at radius 2 is 1.75 bits per heavy atom. The number of halogens is 2. The first kappa shape index (κ1) is 18.9. The van der Waals surface area contributed by atoms with Crippen LogP contribution in [0.25, 0.3) is 0 Å². The van der Waals surface area contributed by atoms with Crippen LogP contribution in [0.2, 0.25) is 10.0 Å². The van der Waals surface area contributed by atoms with Gasteiger partial charge in [-0.05, 0) is 48.1 Å². The summed E-state index contributed by atoms with van der Waals surface area (Å²) in [5.41, 5.74) is 6.98. The van der Waals surface area contributed by atoms with Crippen LogP contribution in [0.4, 0.5) is 5.69 Å². The van der Waals surface area contributed by atoms with E-state index in [0.29, 0.717) is 26.7 Å². The molecule has 0 aliphatic rings. The summed E-state index contributed by atoms with van der Waals surface area (Å²) >= 11 is 18.4. The third-order valence-corrected chi connectivity index (χ3v) is 4.67. The molecule has 0 fully saturated rings. The normalized spacial score (nSPS) is 10.1. The van der Waals surface area contributed by atoms with Crippen LogP contribution in [0, 0.1) is 0 Å². The summed E-state index contributed by atoms with van der Waals surface area (Å²) in [4.78, 5) is 11.8. The highest BCUT2D eigenvalue weighted by atomic mass is 35.5. The van der Waals surface area contributed by atoms with Gasteiger partial charge in [-0.2, -0.15) is 0 Å². The molecule has 0 saturated heterocycles. The molecule has 0 radical (unpaired) electrons. The number of nitrogens with one attached hydrogen (secondary N) is 3. The summed E-state index contributed by atoms with van der Waals surface area (Å²) in [6.45, 7) is 0. The second-order valence-corrected chi connectivity index (χ2v) is 6.96. The number of rotatable bonds is 5. The molecule has 1 amide bonds. The van der Waals surface area contributed by atoms with E-state index < -0.39 is 0 Å². The maximum Gasteiger partial charge on any atom is 0.248 e. The van der Waals surface area contributed by atoms with Crippen molar-refractivity contribution in [3.63, 3.8) is 0 Å². The van der Waals surface area contributed by atoms with Gasteiger partial charge in [0.1, 0.15) is 0 Å².